The summed E-state index contributed by atoms with van der Waals surface area (Å²) in [6, 6.07) is 3.50. The van der Waals surface area contributed by atoms with Gasteiger partial charge in [-0.1, -0.05) is 0 Å². The van der Waals surface area contributed by atoms with Crippen molar-refractivity contribution in [2.75, 3.05) is 6.61 Å². The van der Waals surface area contributed by atoms with Crippen LogP contribution in [0.4, 0.5) is 0 Å². The van der Waals surface area contributed by atoms with E-state index in [1.165, 1.54) is 16.0 Å². The molecule has 0 bridgehead atoms. The van der Waals surface area contributed by atoms with E-state index in [1.807, 2.05) is 18.4 Å². The van der Waals surface area contributed by atoms with Crippen LogP contribution < -0.4 is 11.0 Å². The Hall–Kier alpha value is -2.00. The van der Waals surface area contributed by atoms with E-state index in [1.54, 1.807) is 6.07 Å². The minimum atomic E-state index is -0.428. The largest absolute Gasteiger partial charge is 0.376 e. The van der Waals surface area contributed by atoms with Crippen molar-refractivity contribution >= 4 is 17.2 Å². The van der Waals surface area contributed by atoms with Gasteiger partial charge >= 0.3 is 5.69 Å². The average molecular weight is 323 g/mol. The fraction of sp³-hybridized carbons (Fsp3) is 0.538. The lowest BCUT2D eigenvalue weighted by Gasteiger charge is -2.19. The van der Waals surface area contributed by atoms with Gasteiger partial charge in [0.2, 0.25) is 5.91 Å². The molecular weight excluding hydrogens is 306 g/mol. The molecule has 1 saturated heterocycles. The van der Waals surface area contributed by atoms with E-state index in [2.05, 4.69) is 15.7 Å². The molecular formula is C13H17N5O3S. The van der Waals surface area contributed by atoms with Crippen molar-refractivity contribution in [1.82, 2.24) is 25.1 Å². The number of ether oxygens (including phenoxy) is 1. The van der Waals surface area contributed by atoms with E-state index >= 15 is 0 Å². The van der Waals surface area contributed by atoms with Crippen LogP contribution >= 0.6 is 11.3 Å². The third-order valence-corrected chi connectivity index (χ3v) is 4.40. The number of thiophene rings is 1. The Morgan fingerprint density at radius 1 is 1.59 bits per heavy atom. The van der Waals surface area contributed by atoms with Crippen LogP contribution in [0.25, 0.3) is 5.00 Å². The summed E-state index contributed by atoms with van der Waals surface area (Å²) < 4.78 is 7.76. The zero-order valence-electron chi connectivity index (χ0n) is 12.1. The number of carbonyl (C=O) groups is 1. The van der Waals surface area contributed by atoms with Crippen molar-refractivity contribution in [3.8, 4) is 5.00 Å². The number of rotatable bonds is 5. The Morgan fingerprint density at radius 3 is 3.14 bits per heavy atom. The van der Waals surface area contributed by atoms with Gasteiger partial charge in [-0.2, -0.15) is 9.36 Å². The quantitative estimate of drug-likeness (QED) is 0.847. The second kappa shape index (κ2) is 6.41. The minimum absolute atomic E-state index is 0.0440. The highest BCUT2D eigenvalue weighted by atomic mass is 32.1. The number of aromatic nitrogens is 4. The average Bonchev–Trinajstić information content (AvgIpc) is 3.21. The number of tetrazole rings is 1. The van der Waals surface area contributed by atoms with E-state index in [-0.39, 0.29) is 24.6 Å². The first-order chi connectivity index (χ1) is 10.6. The molecule has 0 aliphatic carbocycles. The minimum Gasteiger partial charge on any atom is -0.376 e. The smallest absolute Gasteiger partial charge is 0.369 e. The highest BCUT2D eigenvalue weighted by molar-refractivity contribution is 7.12. The molecule has 1 fully saturated rings. The molecule has 0 aromatic carbocycles. The van der Waals surface area contributed by atoms with Gasteiger partial charge in [0.1, 0.15) is 11.5 Å². The van der Waals surface area contributed by atoms with Crippen LogP contribution in [-0.4, -0.2) is 44.5 Å². The molecule has 0 unspecified atom stereocenters. The van der Waals surface area contributed by atoms with Crippen molar-refractivity contribution < 1.29 is 9.53 Å². The first-order valence-electron chi connectivity index (χ1n) is 7.13. The van der Waals surface area contributed by atoms with Crippen LogP contribution in [0.5, 0.6) is 0 Å². The SMILES string of the molecule is C[C@@H](NC(=O)Cn1nnn(-c2cccs2)c1=O)[C@H]1CCCO1. The van der Waals surface area contributed by atoms with E-state index in [0.717, 1.165) is 24.1 Å². The second-order valence-electron chi connectivity index (χ2n) is 5.19. The zero-order chi connectivity index (χ0) is 15.5. The summed E-state index contributed by atoms with van der Waals surface area (Å²) in [6.45, 7) is 2.49. The van der Waals surface area contributed by atoms with Crippen LogP contribution in [0.15, 0.2) is 22.3 Å². The Balaban J connectivity index is 1.63. The third-order valence-electron chi connectivity index (χ3n) is 3.56. The van der Waals surface area contributed by atoms with Crippen LogP contribution in [-0.2, 0) is 16.1 Å². The number of nitrogens with one attached hydrogen (secondary N) is 1. The van der Waals surface area contributed by atoms with Crippen LogP contribution in [0.2, 0.25) is 0 Å². The van der Waals surface area contributed by atoms with Crippen molar-refractivity contribution in [2.24, 2.45) is 0 Å². The van der Waals surface area contributed by atoms with Gasteiger partial charge in [-0.3, -0.25) is 4.79 Å². The standard InChI is InChI=1S/C13H17N5O3S/c1-9(10-4-2-6-21-10)14-11(19)8-17-13(20)18(16-15-17)12-5-3-7-22-12/h3,5,7,9-10H,2,4,6,8H2,1H3,(H,14,19)/t9-,10-/m1/s1. The van der Waals surface area contributed by atoms with Gasteiger partial charge in [-0.05, 0) is 47.7 Å². The summed E-state index contributed by atoms with van der Waals surface area (Å²) in [5.41, 5.74) is -0.428. The first-order valence-corrected chi connectivity index (χ1v) is 8.01. The lowest BCUT2D eigenvalue weighted by molar-refractivity contribution is -0.123. The number of nitrogens with zero attached hydrogens (tertiary/aromatic N) is 4. The summed E-state index contributed by atoms with van der Waals surface area (Å²) >= 11 is 1.38. The van der Waals surface area contributed by atoms with Crippen LogP contribution in [0.1, 0.15) is 19.8 Å². The molecule has 0 spiro atoms. The molecule has 8 nitrogen and oxygen atoms in total. The highest BCUT2D eigenvalue weighted by Crippen LogP contribution is 2.15. The molecule has 1 amide bonds. The Kier molecular flexibility index (Phi) is 4.34. The summed E-state index contributed by atoms with van der Waals surface area (Å²) in [7, 11) is 0. The molecule has 22 heavy (non-hydrogen) atoms. The fourth-order valence-corrected chi connectivity index (χ4v) is 3.10. The van der Waals surface area contributed by atoms with Crippen molar-refractivity contribution in [2.45, 2.75) is 38.5 Å². The van der Waals surface area contributed by atoms with Gasteiger partial charge in [-0.25, -0.2) is 4.79 Å². The van der Waals surface area contributed by atoms with Crippen molar-refractivity contribution in [1.29, 1.82) is 0 Å². The normalized spacial score (nSPS) is 19.2. The Bertz CT molecular complexity index is 687. The first kappa shape index (κ1) is 14.9. The number of amides is 1. The maximum atomic E-state index is 12.1. The van der Waals surface area contributed by atoms with Gasteiger partial charge in [0.25, 0.3) is 0 Å². The third kappa shape index (κ3) is 3.09. The molecule has 1 N–H and O–H groups in total. The predicted molar refractivity (Wildman–Crippen MR) is 80.1 cm³/mol. The summed E-state index contributed by atoms with van der Waals surface area (Å²) in [6.07, 6.45) is 2.00. The molecule has 118 valence electrons. The molecule has 3 heterocycles. The number of carbonyl (C=O) groups excluding carboxylic acids is 1. The lowest BCUT2D eigenvalue weighted by atomic mass is 10.1. The summed E-state index contributed by atoms with van der Waals surface area (Å²) in [5, 5.41) is 12.9. The van der Waals surface area contributed by atoms with E-state index in [0.29, 0.717) is 5.00 Å². The number of hydrogen-bond donors (Lipinski definition) is 1. The number of hydrogen-bond acceptors (Lipinski definition) is 6. The zero-order valence-corrected chi connectivity index (χ0v) is 13.0. The summed E-state index contributed by atoms with van der Waals surface area (Å²) in [5.74, 6) is -0.275. The lowest BCUT2D eigenvalue weighted by Crippen LogP contribution is -2.43. The van der Waals surface area contributed by atoms with Crippen LogP contribution in [0.3, 0.4) is 0 Å². The Morgan fingerprint density at radius 2 is 2.45 bits per heavy atom. The molecule has 3 rings (SSSR count). The topological polar surface area (TPSA) is 91.0 Å². The molecule has 0 radical (unpaired) electrons. The molecule has 2 aromatic rings. The fourth-order valence-electron chi connectivity index (χ4n) is 2.43. The second-order valence-corrected chi connectivity index (χ2v) is 6.12. The van der Waals surface area contributed by atoms with Gasteiger partial charge in [-0.15, -0.1) is 11.3 Å². The Labute approximate surface area is 130 Å². The van der Waals surface area contributed by atoms with E-state index in [4.69, 9.17) is 4.74 Å². The molecule has 2 atom stereocenters. The maximum Gasteiger partial charge on any atom is 0.369 e. The molecule has 2 aromatic heterocycles. The van der Waals surface area contributed by atoms with Gasteiger partial charge < -0.3 is 10.1 Å². The van der Waals surface area contributed by atoms with E-state index < -0.39 is 5.69 Å². The van der Waals surface area contributed by atoms with E-state index in [9.17, 15) is 9.59 Å². The maximum absolute atomic E-state index is 12.1. The molecule has 0 saturated carbocycles. The van der Waals surface area contributed by atoms with Crippen molar-refractivity contribution in [3.05, 3.63) is 28.0 Å². The van der Waals surface area contributed by atoms with Gasteiger partial charge in [0.15, 0.2) is 0 Å². The molecule has 1 aliphatic heterocycles. The highest BCUT2D eigenvalue weighted by Gasteiger charge is 2.24. The summed E-state index contributed by atoms with van der Waals surface area (Å²) in [4.78, 5) is 24.2. The van der Waals surface area contributed by atoms with Gasteiger partial charge in [0.05, 0.1) is 12.1 Å². The van der Waals surface area contributed by atoms with Gasteiger partial charge in [0, 0.05) is 6.61 Å². The molecule has 1 aliphatic rings. The monoisotopic (exact) mass is 323 g/mol. The van der Waals surface area contributed by atoms with Crippen LogP contribution in [0, 0.1) is 0 Å². The predicted octanol–water partition coefficient (Wildman–Crippen LogP) is 0.174. The molecule has 9 heteroatoms. The van der Waals surface area contributed by atoms with Crippen molar-refractivity contribution in [3.63, 3.8) is 0 Å².